The molecule has 0 aromatic rings. The Morgan fingerprint density at radius 3 is 2.93 bits per heavy atom. The molecule has 2 heterocycles. The van der Waals surface area contributed by atoms with Crippen molar-refractivity contribution in [1.82, 2.24) is 10.2 Å². The Morgan fingerprint density at radius 1 is 1.36 bits per heavy atom. The summed E-state index contributed by atoms with van der Waals surface area (Å²) in [5, 5.41) is 3.34. The summed E-state index contributed by atoms with van der Waals surface area (Å²) in [6, 6.07) is 0. The van der Waals surface area contributed by atoms with E-state index >= 15 is 0 Å². The Morgan fingerprint density at radius 2 is 2.21 bits per heavy atom. The van der Waals surface area contributed by atoms with Gasteiger partial charge in [0.1, 0.15) is 0 Å². The fourth-order valence-corrected chi connectivity index (χ4v) is 1.82. The van der Waals surface area contributed by atoms with E-state index in [0.29, 0.717) is 5.92 Å². The van der Waals surface area contributed by atoms with Crippen molar-refractivity contribution in [2.75, 3.05) is 45.9 Å². The number of hydrogen-bond acceptors (Lipinski definition) is 3. The standard InChI is InChI=1S/C11H18N2O/c1(2-11-3-9-14-10-11)6-13-7-4-12-5-8-13/h11-12H,3-10H2. The zero-order chi connectivity index (χ0) is 9.64. The van der Waals surface area contributed by atoms with Crippen molar-refractivity contribution in [2.24, 2.45) is 5.92 Å². The summed E-state index contributed by atoms with van der Waals surface area (Å²) >= 11 is 0. The Bertz CT molecular complexity index is 219. The summed E-state index contributed by atoms with van der Waals surface area (Å²) in [7, 11) is 0. The molecule has 1 N–H and O–H groups in total. The quantitative estimate of drug-likeness (QED) is 0.591. The average molecular weight is 194 g/mol. The van der Waals surface area contributed by atoms with E-state index < -0.39 is 0 Å². The lowest BCUT2D eigenvalue weighted by atomic mass is 10.1. The van der Waals surface area contributed by atoms with E-state index in [0.717, 1.165) is 52.4 Å². The van der Waals surface area contributed by atoms with E-state index in [4.69, 9.17) is 4.74 Å². The van der Waals surface area contributed by atoms with Crippen molar-refractivity contribution in [3.05, 3.63) is 0 Å². The van der Waals surface area contributed by atoms with Gasteiger partial charge in [0, 0.05) is 38.7 Å². The van der Waals surface area contributed by atoms with Crippen molar-refractivity contribution in [2.45, 2.75) is 6.42 Å². The van der Waals surface area contributed by atoms with E-state index in [1.54, 1.807) is 0 Å². The molecule has 0 amide bonds. The highest BCUT2D eigenvalue weighted by Gasteiger charge is 2.12. The first-order valence-electron chi connectivity index (χ1n) is 5.44. The van der Waals surface area contributed by atoms with Gasteiger partial charge in [-0.15, -0.1) is 0 Å². The van der Waals surface area contributed by atoms with Gasteiger partial charge in [-0.3, -0.25) is 4.90 Å². The van der Waals surface area contributed by atoms with Crippen LogP contribution in [-0.4, -0.2) is 50.8 Å². The number of rotatable bonds is 1. The summed E-state index contributed by atoms with van der Waals surface area (Å²) in [5.74, 6) is 7.06. The van der Waals surface area contributed by atoms with Crippen molar-refractivity contribution in [1.29, 1.82) is 0 Å². The van der Waals surface area contributed by atoms with Crippen LogP contribution in [0.2, 0.25) is 0 Å². The maximum absolute atomic E-state index is 5.27. The minimum atomic E-state index is 0.498. The van der Waals surface area contributed by atoms with Crippen LogP contribution in [0.3, 0.4) is 0 Å². The van der Waals surface area contributed by atoms with Gasteiger partial charge in [0.05, 0.1) is 13.2 Å². The fraction of sp³-hybridized carbons (Fsp3) is 0.818. The molecule has 3 nitrogen and oxygen atoms in total. The maximum Gasteiger partial charge on any atom is 0.0604 e. The Hall–Kier alpha value is -0.560. The van der Waals surface area contributed by atoms with E-state index in [9.17, 15) is 0 Å². The number of ether oxygens (including phenoxy) is 1. The number of piperazine rings is 1. The van der Waals surface area contributed by atoms with Gasteiger partial charge in [-0.05, 0) is 6.42 Å². The van der Waals surface area contributed by atoms with Gasteiger partial charge in [-0.25, -0.2) is 0 Å². The molecule has 0 bridgehead atoms. The van der Waals surface area contributed by atoms with Crippen LogP contribution in [0.4, 0.5) is 0 Å². The molecule has 2 rings (SSSR count). The normalized spacial score (nSPS) is 28.4. The van der Waals surface area contributed by atoms with Crippen molar-refractivity contribution in [3.8, 4) is 11.8 Å². The van der Waals surface area contributed by atoms with Crippen molar-refractivity contribution < 1.29 is 4.74 Å². The minimum Gasteiger partial charge on any atom is -0.380 e. The molecule has 78 valence electrons. The van der Waals surface area contributed by atoms with E-state index in [1.165, 1.54) is 0 Å². The Labute approximate surface area is 85.8 Å². The van der Waals surface area contributed by atoms with Gasteiger partial charge in [-0.1, -0.05) is 11.8 Å². The molecule has 14 heavy (non-hydrogen) atoms. The zero-order valence-electron chi connectivity index (χ0n) is 8.59. The molecular weight excluding hydrogens is 176 g/mol. The van der Waals surface area contributed by atoms with Crippen LogP contribution in [-0.2, 0) is 4.74 Å². The Balaban J connectivity index is 1.69. The highest BCUT2D eigenvalue weighted by Crippen LogP contribution is 2.10. The molecule has 0 radical (unpaired) electrons. The van der Waals surface area contributed by atoms with Crippen LogP contribution in [0.25, 0.3) is 0 Å². The zero-order valence-corrected chi connectivity index (χ0v) is 8.59. The fourth-order valence-electron chi connectivity index (χ4n) is 1.82. The first kappa shape index (κ1) is 9.97. The third-order valence-corrected chi connectivity index (χ3v) is 2.75. The van der Waals surface area contributed by atoms with Crippen molar-refractivity contribution >= 4 is 0 Å². The predicted molar refractivity (Wildman–Crippen MR) is 56.0 cm³/mol. The molecule has 2 aliphatic heterocycles. The van der Waals surface area contributed by atoms with Crippen LogP contribution >= 0.6 is 0 Å². The third-order valence-electron chi connectivity index (χ3n) is 2.75. The van der Waals surface area contributed by atoms with Gasteiger partial charge < -0.3 is 10.1 Å². The van der Waals surface area contributed by atoms with Crippen LogP contribution in [0, 0.1) is 17.8 Å². The summed E-state index contributed by atoms with van der Waals surface area (Å²) < 4.78 is 5.27. The smallest absolute Gasteiger partial charge is 0.0604 e. The topological polar surface area (TPSA) is 24.5 Å². The molecule has 1 atom stereocenters. The monoisotopic (exact) mass is 194 g/mol. The number of nitrogens with zero attached hydrogens (tertiary/aromatic N) is 1. The number of nitrogens with one attached hydrogen (secondary N) is 1. The SMILES string of the molecule is C(#CC1CCOC1)CN1CCNCC1. The lowest BCUT2D eigenvalue weighted by Gasteiger charge is -2.24. The molecule has 1 unspecified atom stereocenters. The molecule has 0 aromatic carbocycles. The summed E-state index contributed by atoms with van der Waals surface area (Å²) in [6.45, 7) is 7.15. The molecule has 0 saturated carbocycles. The predicted octanol–water partition coefficient (Wildman–Crippen LogP) is -0.0685. The Kier molecular flexibility index (Phi) is 3.81. The van der Waals surface area contributed by atoms with E-state index in [-0.39, 0.29) is 0 Å². The lowest BCUT2D eigenvalue weighted by molar-refractivity contribution is 0.192. The van der Waals surface area contributed by atoms with Gasteiger partial charge in [0.25, 0.3) is 0 Å². The molecule has 2 aliphatic rings. The first-order chi connectivity index (χ1) is 6.95. The molecule has 3 heteroatoms. The molecule has 0 aliphatic carbocycles. The van der Waals surface area contributed by atoms with Crippen molar-refractivity contribution in [3.63, 3.8) is 0 Å². The second-order valence-electron chi connectivity index (χ2n) is 3.91. The third kappa shape index (κ3) is 2.98. The maximum atomic E-state index is 5.27. The molecular formula is C11H18N2O. The largest absolute Gasteiger partial charge is 0.380 e. The van der Waals surface area contributed by atoms with Crippen LogP contribution < -0.4 is 5.32 Å². The van der Waals surface area contributed by atoms with E-state index in [1.807, 2.05) is 0 Å². The van der Waals surface area contributed by atoms with Gasteiger partial charge in [0.15, 0.2) is 0 Å². The number of hydrogen-bond donors (Lipinski definition) is 1. The summed E-state index contributed by atoms with van der Waals surface area (Å²) in [4.78, 5) is 2.40. The first-order valence-corrected chi connectivity index (χ1v) is 5.44. The van der Waals surface area contributed by atoms with Crippen LogP contribution in [0.15, 0.2) is 0 Å². The summed E-state index contributed by atoms with van der Waals surface area (Å²) in [5.41, 5.74) is 0. The van der Waals surface area contributed by atoms with Crippen LogP contribution in [0.5, 0.6) is 0 Å². The minimum absolute atomic E-state index is 0.498. The highest BCUT2D eigenvalue weighted by atomic mass is 16.5. The molecule has 0 aromatic heterocycles. The van der Waals surface area contributed by atoms with Crippen LogP contribution in [0.1, 0.15) is 6.42 Å². The molecule has 0 spiro atoms. The second-order valence-corrected chi connectivity index (χ2v) is 3.91. The van der Waals surface area contributed by atoms with Gasteiger partial charge in [-0.2, -0.15) is 0 Å². The second kappa shape index (κ2) is 5.35. The molecule has 2 saturated heterocycles. The summed E-state index contributed by atoms with van der Waals surface area (Å²) in [6.07, 6.45) is 1.12. The highest BCUT2D eigenvalue weighted by molar-refractivity contribution is 5.06. The lowest BCUT2D eigenvalue weighted by Crippen LogP contribution is -2.43. The van der Waals surface area contributed by atoms with Gasteiger partial charge >= 0.3 is 0 Å². The average Bonchev–Trinajstić information content (AvgIpc) is 2.72. The molecule has 2 fully saturated rings. The van der Waals surface area contributed by atoms with E-state index in [2.05, 4.69) is 22.1 Å². The van der Waals surface area contributed by atoms with Gasteiger partial charge in [0.2, 0.25) is 0 Å².